The van der Waals surface area contributed by atoms with Crippen molar-refractivity contribution in [2.75, 3.05) is 0 Å². The maximum Gasteiger partial charge on any atom is 0.270 e. The Hall–Kier alpha value is -2.96. The molecule has 0 radical (unpaired) electrons. The molecule has 2 aromatic rings. The third-order valence-electron chi connectivity index (χ3n) is 4.02. The number of aromatic nitrogens is 1. The van der Waals surface area contributed by atoms with Crippen LogP contribution >= 0.6 is 0 Å². The van der Waals surface area contributed by atoms with Crippen molar-refractivity contribution < 1.29 is 18.7 Å². The number of ether oxygens (including phenoxy) is 1. The number of rotatable bonds is 3. The van der Waals surface area contributed by atoms with Gasteiger partial charge in [-0.1, -0.05) is 6.07 Å². The summed E-state index contributed by atoms with van der Waals surface area (Å²) in [5.74, 6) is -0.987. The third kappa shape index (κ3) is 3.60. The highest BCUT2D eigenvalue weighted by Crippen LogP contribution is 2.39. The second kappa shape index (κ2) is 6.16. The summed E-state index contributed by atoms with van der Waals surface area (Å²) < 4.78 is 19.3. The molecule has 1 aromatic carbocycles. The van der Waals surface area contributed by atoms with Crippen molar-refractivity contribution in [1.29, 1.82) is 0 Å². The number of halogens is 1. The van der Waals surface area contributed by atoms with Crippen LogP contribution in [-0.2, 0) is 0 Å². The number of nitrogens with two attached hydrogens (primary N) is 1. The summed E-state index contributed by atoms with van der Waals surface area (Å²) in [7, 11) is 0. The molecule has 0 aliphatic carbocycles. The Balaban J connectivity index is 1.84. The van der Waals surface area contributed by atoms with E-state index in [0.29, 0.717) is 17.7 Å². The van der Waals surface area contributed by atoms with E-state index in [4.69, 9.17) is 10.5 Å². The van der Waals surface area contributed by atoms with Crippen molar-refractivity contribution in [3.05, 3.63) is 59.2 Å². The average Bonchev–Trinajstić information content (AvgIpc) is 2.53. The van der Waals surface area contributed by atoms with Gasteiger partial charge in [-0.05, 0) is 32.0 Å². The lowest BCUT2D eigenvalue weighted by Crippen LogP contribution is -2.41. The zero-order valence-corrected chi connectivity index (χ0v) is 13.9. The highest BCUT2D eigenvalue weighted by atomic mass is 19.1. The number of amides is 2. The molecule has 1 aromatic heterocycles. The molecule has 2 heterocycles. The Morgan fingerprint density at radius 1 is 1.32 bits per heavy atom. The molecule has 1 aliphatic rings. The first kappa shape index (κ1) is 16.9. The van der Waals surface area contributed by atoms with Gasteiger partial charge < -0.3 is 15.8 Å². The summed E-state index contributed by atoms with van der Waals surface area (Å²) >= 11 is 0. The minimum atomic E-state index is -0.610. The van der Waals surface area contributed by atoms with Crippen molar-refractivity contribution in [3.63, 3.8) is 0 Å². The van der Waals surface area contributed by atoms with E-state index in [9.17, 15) is 14.0 Å². The van der Waals surface area contributed by atoms with E-state index in [2.05, 4.69) is 10.3 Å². The Morgan fingerprint density at radius 2 is 2.08 bits per heavy atom. The van der Waals surface area contributed by atoms with E-state index in [1.807, 2.05) is 13.8 Å². The van der Waals surface area contributed by atoms with Gasteiger partial charge in [-0.2, -0.15) is 0 Å². The third-order valence-corrected chi connectivity index (χ3v) is 4.02. The summed E-state index contributed by atoms with van der Waals surface area (Å²) in [5.41, 5.74) is 5.71. The average molecular weight is 343 g/mol. The largest absolute Gasteiger partial charge is 0.487 e. The molecule has 1 atom stereocenters. The fourth-order valence-electron chi connectivity index (χ4n) is 2.86. The fourth-order valence-corrected chi connectivity index (χ4v) is 2.86. The molecule has 3 N–H and O–H groups in total. The van der Waals surface area contributed by atoms with Gasteiger partial charge in [0.05, 0.1) is 11.6 Å². The van der Waals surface area contributed by atoms with Crippen LogP contribution in [0.4, 0.5) is 4.39 Å². The van der Waals surface area contributed by atoms with Gasteiger partial charge in [0, 0.05) is 24.2 Å². The van der Waals surface area contributed by atoms with Gasteiger partial charge in [-0.3, -0.25) is 14.6 Å². The lowest BCUT2D eigenvalue weighted by molar-refractivity contribution is 0.0614. The first-order valence-corrected chi connectivity index (χ1v) is 7.80. The lowest BCUT2D eigenvalue weighted by atomic mass is 9.89. The number of nitrogens with zero attached hydrogens (tertiary/aromatic N) is 1. The second-order valence-corrected chi connectivity index (χ2v) is 6.57. The molecule has 0 spiro atoms. The lowest BCUT2D eigenvalue weighted by Gasteiger charge is -2.37. The maximum absolute atomic E-state index is 13.5. The van der Waals surface area contributed by atoms with Crippen LogP contribution in [0.5, 0.6) is 5.75 Å². The summed E-state index contributed by atoms with van der Waals surface area (Å²) in [5, 5.41) is 2.90. The van der Waals surface area contributed by atoms with Gasteiger partial charge in [0.15, 0.2) is 0 Å². The molecular weight excluding hydrogens is 325 g/mol. The molecule has 0 saturated carbocycles. The number of carbonyl (C=O) groups excluding carboxylic acids is 2. The second-order valence-electron chi connectivity index (χ2n) is 6.57. The van der Waals surface area contributed by atoms with Crippen LogP contribution in [0.3, 0.4) is 0 Å². The molecule has 2 amide bonds. The van der Waals surface area contributed by atoms with Gasteiger partial charge in [0.25, 0.3) is 5.91 Å². The topological polar surface area (TPSA) is 94.3 Å². The maximum atomic E-state index is 13.5. The molecule has 1 unspecified atom stereocenters. The van der Waals surface area contributed by atoms with Crippen LogP contribution in [0.2, 0.25) is 0 Å². The molecule has 6 nitrogen and oxygen atoms in total. The number of fused-ring (bicyclic) bond motifs is 1. The van der Waals surface area contributed by atoms with E-state index in [0.717, 1.165) is 0 Å². The van der Waals surface area contributed by atoms with Crippen molar-refractivity contribution in [3.8, 4) is 5.75 Å². The van der Waals surface area contributed by atoms with E-state index in [1.54, 1.807) is 6.07 Å². The predicted octanol–water partition coefficient (Wildman–Crippen LogP) is 2.35. The molecule has 0 fully saturated rings. The monoisotopic (exact) mass is 343 g/mol. The predicted molar refractivity (Wildman–Crippen MR) is 88.7 cm³/mol. The van der Waals surface area contributed by atoms with Gasteiger partial charge in [0.2, 0.25) is 5.91 Å². The van der Waals surface area contributed by atoms with Crippen LogP contribution in [0.15, 0.2) is 36.5 Å². The molecule has 25 heavy (non-hydrogen) atoms. The number of hydrogen-bond acceptors (Lipinski definition) is 4. The van der Waals surface area contributed by atoms with Crippen molar-refractivity contribution in [2.24, 2.45) is 5.73 Å². The van der Waals surface area contributed by atoms with E-state index < -0.39 is 23.2 Å². The Bertz CT molecular complexity index is 834. The van der Waals surface area contributed by atoms with Crippen LogP contribution in [0, 0.1) is 5.82 Å². The molecule has 1 aliphatic heterocycles. The number of carbonyl (C=O) groups is 2. The van der Waals surface area contributed by atoms with Gasteiger partial charge in [0.1, 0.15) is 22.9 Å². The fraction of sp³-hybridized carbons (Fsp3) is 0.278. The van der Waals surface area contributed by atoms with Gasteiger partial charge in [-0.15, -0.1) is 0 Å². The van der Waals surface area contributed by atoms with E-state index >= 15 is 0 Å². The first-order chi connectivity index (χ1) is 11.7. The molecule has 7 heteroatoms. The highest BCUT2D eigenvalue weighted by molar-refractivity contribution is 5.95. The Labute approximate surface area is 144 Å². The van der Waals surface area contributed by atoms with Gasteiger partial charge >= 0.3 is 0 Å². The molecule has 3 rings (SSSR count). The number of primary amides is 1. The highest BCUT2D eigenvalue weighted by Gasteiger charge is 2.35. The summed E-state index contributed by atoms with van der Waals surface area (Å²) in [4.78, 5) is 27.5. The quantitative estimate of drug-likeness (QED) is 0.894. The standard InChI is InChI=1S/C18H18FN3O3/c1-18(2)8-14(12-5-4-11(19)7-15(12)25-18)22-17(24)13-6-3-10(9-21-13)16(20)23/h3-7,9,14H,8H2,1-2H3,(H2,20,23)(H,22,24). The van der Waals surface area contributed by atoms with Crippen LogP contribution in [-0.4, -0.2) is 22.4 Å². The molecule has 0 saturated heterocycles. The van der Waals surface area contributed by atoms with Crippen molar-refractivity contribution in [1.82, 2.24) is 10.3 Å². The van der Waals surface area contributed by atoms with Crippen LogP contribution in [0.25, 0.3) is 0 Å². The minimum Gasteiger partial charge on any atom is -0.487 e. The molecule has 130 valence electrons. The van der Waals surface area contributed by atoms with Crippen LogP contribution < -0.4 is 15.8 Å². The zero-order chi connectivity index (χ0) is 18.2. The molecular formula is C18H18FN3O3. The van der Waals surface area contributed by atoms with E-state index in [1.165, 1.54) is 30.5 Å². The zero-order valence-electron chi connectivity index (χ0n) is 13.9. The Morgan fingerprint density at radius 3 is 2.72 bits per heavy atom. The Kier molecular flexibility index (Phi) is 4.16. The normalized spacial score (nSPS) is 18.0. The summed E-state index contributed by atoms with van der Waals surface area (Å²) in [6.07, 6.45) is 1.78. The number of pyridine rings is 1. The first-order valence-electron chi connectivity index (χ1n) is 7.80. The van der Waals surface area contributed by atoms with Crippen molar-refractivity contribution in [2.45, 2.75) is 31.9 Å². The number of benzene rings is 1. The number of nitrogens with one attached hydrogen (secondary N) is 1. The van der Waals surface area contributed by atoms with E-state index in [-0.39, 0.29) is 17.3 Å². The summed E-state index contributed by atoms with van der Waals surface area (Å²) in [6, 6.07) is 6.79. The summed E-state index contributed by atoms with van der Waals surface area (Å²) in [6.45, 7) is 3.75. The molecule has 0 bridgehead atoms. The van der Waals surface area contributed by atoms with Crippen LogP contribution in [0.1, 0.15) is 52.7 Å². The SMILES string of the molecule is CC1(C)CC(NC(=O)c2ccc(C(N)=O)cn2)c2ccc(F)cc2O1. The number of hydrogen-bond donors (Lipinski definition) is 2. The van der Waals surface area contributed by atoms with Gasteiger partial charge in [-0.25, -0.2) is 4.39 Å². The van der Waals surface area contributed by atoms with Crippen molar-refractivity contribution >= 4 is 11.8 Å². The minimum absolute atomic E-state index is 0.165. The smallest absolute Gasteiger partial charge is 0.270 e.